The molecule has 0 saturated heterocycles. The van der Waals surface area contributed by atoms with E-state index in [-0.39, 0.29) is 10.8 Å². The minimum Gasteiger partial charge on any atom is -0.226 e. The van der Waals surface area contributed by atoms with Gasteiger partial charge in [0, 0.05) is 32.0 Å². The highest BCUT2D eigenvalue weighted by Gasteiger charge is 2.42. The summed E-state index contributed by atoms with van der Waals surface area (Å²) in [6.07, 6.45) is 0. The minimum atomic E-state index is -0.0983. The van der Waals surface area contributed by atoms with Gasteiger partial charge in [0.2, 0.25) is 0 Å². The van der Waals surface area contributed by atoms with Crippen molar-refractivity contribution in [3.05, 3.63) is 156 Å². The molecule has 2 aromatic heterocycles. The van der Waals surface area contributed by atoms with Crippen LogP contribution in [0.25, 0.3) is 76.3 Å². The number of nitrogens with zero attached hydrogens (tertiary/aromatic N) is 2. The Morgan fingerprint density at radius 1 is 0.469 bits per heavy atom. The number of aromatic nitrogens is 2. The Morgan fingerprint density at radius 3 is 1.94 bits per heavy atom. The molecule has 0 aliphatic heterocycles. The van der Waals surface area contributed by atoms with Crippen molar-refractivity contribution in [3.63, 3.8) is 0 Å². The molecule has 0 atom stereocenters. The number of thiophene rings is 1. The molecule has 2 aliphatic rings. The van der Waals surface area contributed by atoms with Crippen LogP contribution in [0.3, 0.4) is 0 Å². The predicted molar refractivity (Wildman–Crippen MR) is 206 cm³/mol. The molecule has 0 amide bonds. The van der Waals surface area contributed by atoms with Gasteiger partial charge in [-0.1, -0.05) is 143 Å². The van der Waals surface area contributed by atoms with E-state index in [0.29, 0.717) is 0 Å². The zero-order valence-corrected chi connectivity index (χ0v) is 28.8. The van der Waals surface area contributed by atoms with Crippen molar-refractivity contribution in [3.8, 4) is 56.0 Å². The normalized spacial score (nSPS) is 14.9. The molecule has 0 fully saturated rings. The molecule has 0 N–H and O–H groups in total. The Labute approximate surface area is 290 Å². The first kappa shape index (κ1) is 28.6. The van der Waals surface area contributed by atoms with Gasteiger partial charge in [-0.25, -0.2) is 9.97 Å². The topological polar surface area (TPSA) is 25.8 Å². The maximum atomic E-state index is 5.21. The smallest absolute Gasteiger partial charge is 0.160 e. The molecule has 2 heterocycles. The van der Waals surface area contributed by atoms with E-state index in [1.807, 2.05) is 6.07 Å². The third kappa shape index (κ3) is 4.00. The summed E-state index contributed by atoms with van der Waals surface area (Å²) in [4.78, 5) is 10.3. The van der Waals surface area contributed by atoms with Crippen LogP contribution in [-0.2, 0) is 10.8 Å². The summed E-state index contributed by atoms with van der Waals surface area (Å²) in [5.41, 5.74) is 17.6. The fourth-order valence-electron chi connectivity index (χ4n) is 8.53. The number of hydrogen-bond donors (Lipinski definition) is 0. The van der Waals surface area contributed by atoms with Gasteiger partial charge in [-0.2, -0.15) is 0 Å². The summed E-state index contributed by atoms with van der Waals surface area (Å²) >= 11 is 1.78. The largest absolute Gasteiger partial charge is 0.226 e. The Morgan fingerprint density at radius 2 is 1.10 bits per heavy atom. The van der Waals surface area contributed by atoms with Crippen molar-refractivity contribution < 1.29 is 0 Å². The molecule has 6 aromatic carbocycles. The molecule has 2 aliphatic carbocycles. The standard InChI is InChI=1S/C46H34N2S/c1-45(2)35-18-10-8-15-31(35)33-25-38-34(26-37(33)45)40-30(17-12-19-36(40)46(38,3)4)27-21-23-28(24-22-27)41-43-42(32-16-9-11-20-39(32)49-43)48-44(47-41)29-13-6-5-7-14-29/h5-26H,1-4H3. The Bertz CT molecular complexity index is 2640. The van der Waals surface area contributed by atoms with Crippen LogP contribution >= 0.6 is 11.3 Å². The first-order chi connectivity index (χ1) is 23.8. The quantitative estimate of drug-likeness (QED) is 0.191. The summed E-state index contributed by atoms with van der Waals surface area (Å²) in [6.45, 7) is 9.52. The van der Waals surface area contributed by atoms with E-state index in [2.05, 4.69) is 155 Å². The second kappa shape index (κ2) is 10.1. The van der Waals surface area contributed by atoms with E-state index < -0.39 is 0 Å². The van der Waals surface area contributed by atoms with E-state index in [1.165, 1.54) is 65.7 Å². The summed E-state index contributed by atoms with van der Waals surface area (Å²) in [6, 6.07) is 48.8. The molecule has 3 heteroatoms. The Kier molecular flexibility index (Phi) is 5.88. The van der Waals surface area contributed by atoms with Crippen molar-refractivity contribution in [2.75, 3.05) is 0 Å². The lowest BCUT2D eigenvalue weighted by Crippen LogP contribution is -2.16. The maximum absolute atomic E-state index is 5.21. The third-order valence-corrected chi connectivity index (χ3v) is 12.3. The minimum absolute atomic E-state index is 0.0431. The summed E-state index contributed by atoms with van der Waals surface area (Å²) in [7, 11) is 0. The number of hydrogen-bond acceptors (Lipinski definition) is 3. The molecule has 0 bridgehead atoms. The first-order valence-electron chi connectivity index (χ1n) is 17.1. The average molecular weight is 647 g/mol. The van der Waals surface area contributed by atoms with Gasteiger partial charge in [0.05, 0.1) is 15.9 Å². The van der Waals surface area contributed by atoms with E-state index >= 15 is 0 Å². The second-order valence-electron chi connectivity index (χ2n) is 14.6. The molecule has 2 nitrogen and oxygen atoms in total. The molecule has 0 radical (unpaired) electrons. The fourth-order valence-corrected chi connectivity index (χ4v) is 9.68. The van der Waals surface area contributed by atoms with Crippen LogP contribution in [0, 0.1) is 0 Å². The van der Waals surface area contributed by atoms with Gasteiger partial charge in [-0.15, -0.1) is 11.3 Å². The van der Waals surface area contributed by atoms with E-state index in [4.69, 9.17) is 9.97 Å². The molecule has 0 unspecified atom stereocenters. The van der Waals surface area contributed by atoms with E-state index in [1.54, 1.807) is 11.3 Å². The lowest BCUT2D eigenvalue weighted by molar-refractivity contribution is 0.652. The van der Waals surface area contributed by atoms with E-state index in [0.717, 1.165) is 32.9 Å². The van der Waals surface area contributed by atoms with Crippen LogP contribution in [0.1, 0.15) is 49.9 Å². The van der Waals surface area contributed by atoms with Crippen molar-refractivity contribution >= 4 is 31.6 Å². The van der Waals surface area contributed by atoms with Crippen molar-refractivity contribution in [1.82, 2.24) is 9.97 Å². The Hall–Kier alpha value is -5.38. The second-order valence-corrected chi connectivity index (χ2v) is 15.6. The predicted octanol–water partition coefficient (Wildman–Crippen LogP) is 12.5. The molecule has 8 aromatic rings. The van der Waals surface area contributed by atoms with Crippen LogP contribution in [0.5, 0.6) is 0 Å². The highest BCUT2D eigenvalue weighted by atomic mass is 32.1. The maximum Gasteiger partial charge on any atom is 0.160 e. The highest BCUT2D eigenvalue weighted by Crippen LogP contribution is 2.57. The first-order valence-corrected chi connectivity index (χ1v) is 17.9. The van der Waals surface area contributed by atoms with E-state index in [9.17, 15) is 0 Å². The summed E-state index contributed by atoms with van der Waals surface area (Å²) in [5, 5.41) is 1.18. The highest BCUT2D eigenvalue weighted by molar-refractivity contribution is 7.26. The average Bonchev–Trinajstić information content (AvgIpc) is 3.71. The van der Waals surface area contributed by atoms with Crippen LogP contribution in [0.4, 0.5) is 0 Å². The summed E-state index contributed by atoms with van der Waals surface area (Å²) in [5.74, 6) is 0.757. The molecular weight excluding hydrogens is 613 g/mol. The van der Waals surface area contributed by atoms with Gasteiger partial charge in [0.15, 0.2) is 5.82 Å². The monoisotopic (exact) mass is 646 g/mol. The van der Waals surface area contributed by atoms with Gasteiger partial charge < -0.3 is 0 Å². The van der Waals surface area contributed by atoms with Crippen LogP contribution < -0.4 is 0 Å². The molecule has 10 rings (SSSR count). The van der Waals surface area contributed by atoms with Crippen molar-refractivity contribution in [1.29, 1.82) is 0 Å². The number of rotatable bonds is 3. The fraction of sp³-hybridized carbons (Fsp3) is 0.130. The number of benzene rings is 6. The van der Waals surface area contributed by atoms with Gasteiger partial charge in [-0.3, -0.25) is 0 Å². The van der Waals surface area contributed by atoms with Crippen molar-refractivity contribution in [2.24, 2.45) is 0 Å². The molecule has 49 heavy (non-hydrogen) atoms. The van der Waals surface area contributed by atoms with Crippen LogP contribution in [0.2, 0.25) is 0 Å². The molecular formula is C46H34N2S. The van der Waals surface area contributed by atoms with Gasteiger partial charge in [0.1, 0.15) is 0 Å². The molecule has 0 saturated carbocycles. The Balaban J connectivity index is 1.13. The zero-order chi connectivity index (χ0) is 33.1. The number of fused-ring (bicyclic) bond motifs is 9. The van der Waals surface area contributed by atoms with Crippen LogP contribution in [0.15, 0.2) is 133 Å². The molecule has 0 spiro atoms. The van der Waals surface area contributed by atoms with Crippen molar-refractivity contribution in [2.45, 2.75) is 38.5 Å². The van der Waals surface area contributed by atoms with Gasteiger partial charge in [-0.05, 0) is 73.8 Å². The van der Waals surface area contributed by atoms with Crippen LogP contribution in [-0.4, -0.2) is 9.97 Å². The lowest BCUT2D eigenvalue weighted by Gasteiger charge is -2.24. The zero-order valence-electron chi connectivity index (χ0n) is 28.0. The third-order valence-electron chi connectivity index (χ3n) is 11.1. The summed E-state index contributed by atoms with van der Waals surface area (Å²) < 4.78 is 2.36. The van der Waals surface area contributed by atoms with Gasteiger partial charge >= 0.3 is 0 Å². The lowest BCUT2D eigenvalue weighted by atomic mass is 9.79. The molecule has 234 valence electrons. The van der Waals surface area contributed by atoms with Gasteiger partial charge in [0.25, 0.3) is 0 Å². The SMILES string of the molecule is CC1(C)c2ccccc2-c2cc3c(cc21)-c1c(-c2ccc(-c4nc(-c5ccccc5)nc5c4sc4ccccc45)cc2)cccc1C3(C)C.